The Morgan fingerprint density at radius 3 is 2.33 bits per heavy atom. The molecular formula is C18H25F2NO8S. The zero-order valence-corrected chi connectivity index (χ0v) is 17.8. The maximum atomic E-state index is 13.5. The Hall–Kier alpha value is -1.82. The number of hydrogen-bond acceptors (Lipinski definition) is 7. The molecule has 9 nitrogen and oxygen atoms in total. The summed E-state index contributed by atoms with van der Waals surface area (Å²) in [7, 11) is -5.77. The largest absolute Gasteiger partial charge is 0.460 e. The molecule has 30 heavy (non-hydrogen) atoms. The van der Waals surface area contributed by atoms with Gasteiger partial charge in [0.1, 0.15) is 6.10 Å². The Morgan fingerprint density at radius 2 is 1.83 bits per heavy atom. The van der Waals surface area contributed by atoms with Gasteiger partial charge in [0.25, 0.3) is 0 Å². The Bertz CT molecular complexity index is 868. The van der Waals surface area contributed by atoms with Crippen LogP contribution in [0, 0.1) is 23.7 Å². The van der Waals surface area contributed by atoms with Gasteiger partial charge in [0.05, 0.1) is 17.9 Å². The minimum absolute atomic E-state index is 0.0865. The van der Waals surface area contributed by atoms with Crippen molar-refractivity contribution in [2.24, 2.45) is 23.7 Å². The molecule has 1 N–H and O–H groups in total. The Labute approximate surface area is 172 Å². The van der Waals surface area contributed by atoms with E-state index in [-0.39, 0.29) is 18.2 Å². The first kappa shape index (κ1) is 22.9. The number of nitrogens with zero attached hydrogens (tertiary/aromatic N) is 1. The van der Waals surface area contributed by atoms with E-state index in [9.17, 15) is 31.6 Å². The number of esters is 2. The molecule has 12 heteroatoms. The molecule has 2 saturated carbocycles. The van der Waals surface area contributed by atoms with E-state index in [1.807, 2.05) is 20.8 Å². The van der Waals surface area contributed by atoms with Gasteiger partial charge in [0.2, 0.25) is 5.91 Å². The highest BCUT2D eigenvalue weighted by atomic mass is 32.2. The van der Waals surface area contributed by atoms with E-state index in [0.29, 0.717) is 6.42 Å². The van der Waals surface area contributed by atoms with Gasteiger partial charge in [-0.2, -0.15) is 17.2 Å². The molecular weight excluding hydrogens is 428 g/mol. The van der Waals surface area contributed by atoms with Gasteiger partial charge in [-0.05, 0) is 33.1 Å². The third kappa shape index (κ3) is 3.47. The number of ether oxygens (including phenoxy) is 2. The standard InChI is InChI=1S/C18H25F2NO8S/c1-5-10(22)29-14-9-6-8-11(15(23)21(13(8)14)17(2,3)4)12(9)16(24)28-7-18(19,20)30(25,26)27/h8-9,11-14H,5-7H2,1-4H3,(H,25,26,27). The molecule has 0 spiro atoms. The van der Waals surface area contributed by atoms with E-state index in [2.05, 4.69) is 4.74 Å². The fourth-order valence-electron chi connectivity index (χ4n) is 5.13. The van der Waals surface area contributed by atoms with Gasteiger partial charge in [0.15, 0.2) is 6.61 Å². The van der Waals surface area contributed by atoms with Crippen LogP contribution in [0.3, 0.4) is 0 Å². The average molecular weight is 453 g/mol. The fraction of sp³-hybridized carbons (Fsp3) is 0.833. The number of hydrogen-bond donors (Lipinski definition) is 1. The van der Waals surface area contributed by atoms with Crippen molar-refractivity contribution in [1.82, 2.24) is 4.90 Å². The molecule has 1 amide bonds. The summed E-state index contributed by atoms with van der Waals surface area (Å²) in [5.74, 6) is -4.91. The molecule has 6 atom stereocenters. The van der Waals surface area contributed by atoms with Crippen molar-refractivity contribution in [2.75, 3.05) is 6.61 Å². The molecule has 0 radical (unpaired) electrons. The monoisotopic (exact) mass is 453 g/mol. The first-order valence-corrected chi connectivity index (χ1v) is 11.1. The Balaban J connectivity index is 1.89. The van der Waals surface area contributed by atoms with E-state index in [1.54, 1.807) is 11.8 Å². The molecule has 170 valence electrons. The number of carbonyl (C=O) groups is 3. The summed E-state index contributed by atoms with van der Waals surface area (Å²) in [6.45, 7) is 5.15. The topological polar surface area (TPSA) is 127 Å². The van der Waals surface area contributed by atoms with Crippen LogP contribution in [0.4, 0.5) is 8.78 Å². The van der Waals surface area contributed by atoms with Crippen molar-refractivity contribution < 1.29 is 45.6 Å². The Morgan fingerprint density at radius 1 is 1.23 bits per heavy atom. The van der Waals surface area contributed by atoms with Gasteiger partial charge >= 0.3 is 27.3 Å². The molecule has 0 aromatic heterocycles. The second-order valence-corrected chi connectivity index (χ2v) is 10.6. The Kier molecular flexibility index (Phi) is 5.42. The van der Waals surface area contributed by atoms with Crippen LogP contribution in [0.25, 0.3) is 0 Å². The quantitative estimate of drug-likeness (QED) is 0.470. The third-order valence-corrected chi connectivity index (χ3v) is 7.06. The molecule has 3 fully saturated rings. The highest BCUT2D eigenvalue weighted by Gasteiger charge is 2.72. The van der Waals surface area contributed by atoms with E-state index in [1.165, 1.54) is 0 Å². The summed E-state index contributed by atoms with van der Waals surface area (Å²) in [5, 5.41) is -4.67. The maximum absolute atomic E-state index is 13.5. The lowest BCUT2D eigenvalue weighted by molar-refractivity contribution is -0.166. The van der Waals surface area contributed by atoms with E-state index < -0.39 is 69.4 Å². The normalized spacial score (nSPS) is 33.2. The molecule has 3 aliphatic rings. The first-order chi connectivity index (χ1) is 13.6. The minimum atomic E-state index is -5.77. The first-order valence-electron chi connectivity index (χ1n) is 9.66. The molecule has 1 aliphatic heterocycles. The summed E-state index contributed by atoms with van der Waals surface area (Å²) in [6.07, 6.45) is -0.323. The van der Waals surface area contributed by atoms with Crippen molar-refractivity contribution >= 4 is 28.0 Å². The lowest BCUT2D eigenvalue weighted by Crippen LogP contribution is -2.52. The van der Waals surface area contributed by atoms with Gasteiger partial charge in [-0.3, -0.25) is 18.9 Å². The van der Waals surface area contributed by atoms with Gasteiger partial charge < -0.3 is 14.4 Å². The van der Waals surface area contributed by atoms with Gasteiger partial charge in [0, 0.05) is 17.9 Å². The smallest absolute Gasteiger partial charge is 0.402 e. The minimum Gasteiger partial charge on any atom is -0.460 e. The van der Waals surface area contributed by atoms with Gasteiger partial charge in [-0.15, -0.1) is 0 Å². The maximum Gasteiger partial charge on any atom is 0.402 e. The fourth-order valence-corrected chi connectivity index (χ4v) is 5.34. The van der Waals surface area contributed by atoms with Crippen molar-refractivity contribution in [3.05, 3.63) is 0 Å². The number of fused-ring (bicyclic) bond motifs is 1. The van der Waals surface area contributed by atoms with E-state index >= 15 is 0 Å². The molecule has 2 bridgehead atoms. The molecule has 3 rings (SSSR count). The second kappa shape index (κ2) is 7.11. The predicted octanol–water partition coefficient (Wildman–Crippen LogP) is 1.22. The van der Waals surface area contributed by atoms with Crippen LogP contribution in [0.15, 0.2) is 0 Å². The molecule has 2 aliphatic carbocycles. The summed E-state index contributed by atoms with van der Waals surface area (Å²) in [4.78, 5) is 39.4. The van der Waals surface area contributed by atoms with Crippen LogP contribution in [0.2, 0.25) is 0 Å². The highest BCUT2D eigenvalue weighted by Crippen LogP contribution is 2.61. The lowest BCUT2D eigenvalue weighted by Gasteiger charge is -2.40. The van der Waals surface area contributed by atoms with Crippen LogP contribution < -0.4 is 0 Å². The third-order valence-electron chi connectivity index (χ3n) is 6.18. The number of carbonyl (C=O) groups excluding carboxylic acids is 3. The van der Waals surface area contributed by atoms with Crippen LogP contribution in [0.1, 0.15) is 40.5 Å². The number of alkyl halides is 2. The molecule has 1 heterocycles. The van der Waals surface area contributed by atoms with Crippen LogP contribution in [0.5, 0.6) is 0 Å². The lowest BCUT2D eigenvalue weighted by atomic mass is 9.78. The summed E-state index contributed by atoms with van der Waals surface area (Å²) in [5.41, 5.74) is -0.628. The number of halogens is 2. The van der Waals surface area contributed by atoms with Gasteiger partial charge in [-0.25, -0.2) is 0 Å². The van der Waals surface area contributed by atoms with Crippen molar-refractivity contribution in [2.45, 2.75) is 63.5 Å². The average Bonchev–Trinajstić information content (AvgIpc) is 3.20. The highest BCUT2D eigenvalue weighted by molar-refractivity contribution is 7.86. The molecule has 0 aromatic rings. The van der Waals surface area contributed by atoms with Crippen molar-refractivity contribution in [1.29, 1.82) is 0 Å². The second-order valence-electron chi connectivity index (χ2n) is 9.01. The summed E-state index contributed by atoms with van der Waals surface area (Å²) in [6, 6.07) is -0.425. The van der Waals surface area contributed by atoms with Crippen LogP contribution in [-0.2, 0) is 34.0 Å². The number of likely N-dealkylation sites (tertiary alicyclic amines) is 1. The SMILES string of the molecule is CCC(=O)OC1C2CC3C(C(=O)N(C(C)(C)C)C31)C2C(=O)OCC(F)(F)S(=O)(=O)O. The zero-order chi connectivity index (χ0) is 22.8. The summed E-state index contributed by atoms with van der Waals surface area (Å²) < 4.78 is 67.1. The molecule has 1 saturated heterocycles. The van der Waals surface area contributed by atoms with E-state index in [0.717, 1.165) is 0 Å². The number of amides is 1. The molecule has 6 unspecified atom stereocenters. The van der Waals surface area contributed by atoms with Crippen molar-refractivity contribution in [3.63, 3.8) is 0 Å². The zero-order valence-electron chi connectivity index (χ0n) is 17.0. The van der Waals surface area contributed by atoms with E-state index in [4.69, 9.17) is 9.29 Å². The number of rotatable bonds is 6. The molecule has 0 aromatic carbocycles. The van der Waals surface area contributed by atoms with Crippen molar-refractivity contribution in [3.8, 4) is 0 Å². The van der Waals surface area contributed by atoms with Gasteiger partial charge in [-0.1, -0.05) is 6.92 Å². The van der Waals surface area contributed by atoms with Crippen LogP contribution in [-0.4, -0.2) is 65.3 Å². The summed E-state index contributed by atoms with van der Waals surface area (Å²) >= 11 is 0. The predicted molar refractivity (Wildman–Crippen MR) is 96.6 cm³/mol. The van der Waals surface area contributed by atoms with Crippen LogP contribution >= 0.6 is 0 Å².